The van der Waals surface area contributed by atoms with Crippen LogP contribution in [0.3, 0.4) is 0 Å². The Bertz CT molecular complexity index is 1250. The molecule has 0 bridgehead atoms. The first-order valence-electron chi connectivity index (χ1n) is 9.41. The van der Waals surface area contributed by atoms with E-state index in [0.29, 0.717) is 5.15 Å². The molecular formula is C21H18ClN5OS. The number of nitrogens with zero attached hydrogens (tertiary/aromatic N) is 4. The molecule has 1 aliphatic carbocycles. The maximum absolute atomic E-state index is 6.36. The standard InChI is InChI=1S/C21H18ClN5OS/c1-28-14-7-6-12-8-13(19(22)26-16(12)9-14)10-25-27-20-18-15-4-2-3-5-17(15)29-21(18)24-11-23-20/h6-11H,2-5H2,1H3,(H,23,24,27)/b25-10+. The first-order chi connectivity index (χ1) is 14.2. The molecule has 0 saturated carbocycles. The molecule has 1 aliphatic rings. The van der Waals surface area contributed by atoms with E-state index >= 15 is 0 Å². The van der Waals surface area contributed by atoms with E-state index in [4.69, 9.17) is 16.3 Å². The number of aromatic nitrogens is 3. The number of nitrogens with one attached hydrogen (secondary N) is 1. The number of ether oxygens (including phenoxy) is 1. The number of thiophene rings is 1. The summed E-state index contributed by atoms with van der Waals surface area (Å²) in [6.07, 6.45) is 7.91. The minimum Gasteiger partial charge on any atom is -0.497 e. The molecule has 0 amide bonds. The molecule has 0 aliphatic heterocycles. The molecule has 0 radical (unpaired) electrons. The lowest BCUT2D eigenvalue weighted by Crippen LogP contribution is -2.01. The highest BCUT2D eigenvalue weighted by Crippen LogP contribution is 2.38. The monoisotopic (exact) mass is 423 g/mol. The highest BCUT2D eigenvalue weighted by Gasteiger charge is 2.19. The maximum Gasteiger partial charge on any atom is 0.158 e. The SMILES string of the molecule is COc1ccc2cc(/C=N/Nc3ncnc4sc5c(c34)CCCC5)c(Cl)nc2c1. The molecule has 0 saturated heterocycles. The highest BCUT2D eigenvalue weighted by molar-refractivity contribution is 7.19. The lowest BCUT2D eigenvalue weighted by Gasteiger charge is -2.11. The van der Waals surface area contributed by atoms with Crippen molar-refractivity contribution < 1.29 is 4.74 Å². The Hall–Kier alpha value is -2.77. The Morgan fingerprint density at radius 2 is 2.10 bits per heavy atom. The van der Waals surface area contributed by atoms with Crippen molar-refractivity contribution in [1.82, 2.24) is 15.0 Å². The molecule has 1 N–H and O–H groups in total. The first kappa shape index (κ1) is 18.3. The number of anilines is 1. The van der Waals surface area contributed by atoms with E-state index in [1.54, 1.807) is 31.0 Å². The smallest absolute Gasteiger partial charge is 0.158 e. The number of methoxy groups -OCH3 is 1. The fourth-order valence-electron chi connectivity index (χ4n) is 3.70. The molecule has 8 heteroatoms. The van der Waals surface area contributed by atoms with Crippen LogP contribution in [0.5, 0.6) is 5.75 Å². The van der Waals surface area contributed by atoms with Gasteiger partial charge in [0, 0.05) is 21.9 Å². The van der Waals surface area contributed by atoms with Crippen LogP contribution in [0.2, 0.25) is 5.15 Å². The number of fused-ring (bicyclic) bond motifs is 4. The zero-order valence-corrected chi connectivity index (χ0v) is 17.3. The van der Waals surface area contributed by atoms with Gasteiger partial charge >= 0.3 is 0 Å². The van der Waals surface area contributed by atoms with Crippen LogP contribution < -0.4 is 10.2 Å². The van der Waals surface area contributed by atoms with Gasteiger partial charge in [-0.15, -0.1) is 11.3 Å². The molecule has 3 aromatic heterocycles. The molecule has 6 nitrogen and oxygen atoms in total. The topological polar surface area (TPSA) is 72.3 Å². The molecular weight excluding hydrogens is 406 g/mol. The van der Waals surface area contributed by atoms with Crippen molar-refractivity contribution in [2.45, 2.75) is 25.7 Å². The van der Waals surface area contributed by atoms with Gasteiger partial charge in [0.1, 0.15) is 22.1 Å². The van der Waals surface area contributed by atoms with Gasteiger partial charge in [0.05, 0.1) is 24.2 Å². The predicted octanol–water partition coefficient (Wildman–Crippen LogP) is 5.23. The van der Waals surface area contributed by atoms with Gasteiger partial charge < -0.3 is 4.74 Å². The third-order valence-electron chi connectivity index (χ3n) is 5.13. The van der Waals surface area contributed by atoms with Gasteiger partial charge in [0.2, 0.25) is 0 Å². The van der Waals surface area contributed by atoms with E-state index in [-0.39, 0.29) is 0 Å². The van der Waals surface area contributed by atoms with Crippen molar-refractivity contribution >= 4 is 56.1 Å². The Morgan fingerprint density at radius 3 is 3.00 bits per heavy atom. The summed E-state index contributed by atoms with van der Waals surface area (Å²) in [5.74, 6) is 1.48. The molecule has 1 aromatic carbocycles. The van der Waals surface area contributed by atoms with Crippen LogP contribution in [0, 0.1) is 0 Å². The van der Waals surface area contributed by atoms with Gasteiger partial charge in [0.25, 0.3) is 0 Å². The summed E-state index contributed by atoms with van der Waals surface area (Å²) in [5, 5.41) is 6.83. The molecule has 4 aromatic rings. The molecule has 0 spiro atoms. The van der Waals surface area contributed by atoms with Crippen LogP contribution in [0.4, 0.5) is 5.82 Å². The highest BCUT2D eigenvalue weighted by atomic mass is 35.5. The minimum absolute atomic E-state index is 0.386. The molecule has 0 fully saturated rings. The third-order valence-corrected chi connectivity index (χ3v) is 6.63. The van der Waals surface area contributed by atoms with Crippen LogP contribution in [0.25, 0.3) is 21.1 Å². The summed E-state index contributed by atoms with van der Waals surface area (Å²) in [6.45, 7) is 0. The van der Waals surface area contributed by atoms with Gasteiger partial charge in [-0.25, -0.2) is 15.0 Å². The van der Waals surface area contributed by atoms with Crippen molar-refractivity contribution in [3.8, 4) is 5.75 Å². The van der Waals surface area contributed by atoms with Crippen molar-refractivity contribution in [3.05, 3.63) is 51.7 Å². The second-order valence-electron chi connectivity index (χ2n) is 6.91. The first-order valence-corrected chi connectivity index (χ1v) is 10.6. The van der Waals surface area contributed by atoms with Crippen LogP contribution in [0.1, 0.15) is 28.8 Å². The fraction of sp³-hybridized carbons (Fsp3) is 0.238. The number of rotatable bonds is 4. The number of benzene rings is 1. The quantitative estimate of drug-likeness (QED) is 0.276. The van der Waals surface area contributed by atoms with Crippen molar-refractivity contribution in [2.75, 3.05) is 12.5 Å². The van der Waals surface area contributed by atoms with Crippen LogP contribution >= 0.6 is 22.9 Å². The van der Waals surface area contributed by atoms with Gasteiger partial charge in [-0.1, -0.05) is 11.6 Å². The second-order valence-corrected chi connectivity index (χ2v) is 8.35. The number of hydrogen-bond acceptors (Lipinski definition) is 7. The Labute approximate surface area is 176 Å². The van der Waals surface area contributed by atoms with E-state index in [1.165, 1.54) is 23.3 Å². The Balaban J connectivity index is 1.45. The summed E-state index contributed by atoms with van der Waals surface area (Å²) in [6, 6.07) is 7.66. The summed E-state index contributed by atoms with van der Waals surface area (Å²) in [5.41, 5.74) is 5.96. The van der Waals surface area contributed by atoms with Gasteiger partial charge in [-0.2, -0.15) is 5.10 Å². The Morgan fingerprint density at radius 1 is 1.21 bits per heavy atom. The zero-order valence-electron chi connectivity index (χ0n) is 15.8. The summed E-state index contributed by atoms with van der Waals surface area (Å²) in [4.78, 5) is 15.8. The van der Waals surface area contributed by atoms with Gasteiger partial charge in [0.15, 0.2) is 5.82 Å². The van der Waals surface area contributed by atoms with E-state index < -0.39 is 0 Å². The minimum atomic E-state index is 0.386. The zero-order chi connectivity index (χ0) is 19.8. The number of halogens is 1. The van der Waals surface area contributed by atoms with Crippen LogP contribution in [-0.4, -0.2) is 28.3 Å². The number of pyridine rings is 1. The largest absolute Gasteiger partial charge is 0.497 e. The molecule has 5 rings (SSSR count). The van der Waals surface area contributed by atoms with Gasteiger partial charge in [-0.05, 0) is 49.4 Å². The lowest BCUT2D eigenvalue weighted by molar-refractivity contribution is 0.415. The number of aryl methyl sites for hydroxylation is 2. The molecule has 3 heterocycles. The third kappa shape index (κ3) is 3.41. The molecule has 29 heavy (non-hydrogen) atoms. The molecule has 0 unspecified atom stereocenters. The number of hydrazone groups is 1. The van der Waals surface area contributed by atoms with E-state index in [2.05, 4.69) is 25.5 Å². The van der Waals surface area contributed by atoms with Crippen LogP contribution in [0.15, 0.2) is 35.7 Å². The lowest BCUT2D eigenvalue weighted by atomic mass is 9.97. The summed E-state index contributed by atoms with van der Waals surface area (Å²) >= 11 is 8.12. The normalized spacial score (nSPS) is 13.9. The van der Waals surface area contributed by atoms with Crippen LogP contribution in [-0.2, 0) is 12.8 Å². The van der Waals surface area contributed by atoms with E-state index in [0.717, 1.165) is 51.1 Å². The van der Waals surface area contributed by atoms with E-state index in [9.17, 15) is 0 Å². The van der Waals surface area contributed by atoms with Crippen molar-refractivity contribution in [3.63, 3.8) is 0 Å². The number of hydrogen-bond donors (Lipinski definition) is 1. The molecule has 0 atom stereocenters. The average molecular weight is 424 g/mol. The fourth-order valence-corrected chi connectivity index (χ4v) is 5.12. The maximum atomic E-state index is 6.36. The summed E-state index contributed by atoms with van der Waals surface area (Å²) < 4.78 is 5.24. The molecule has 146 valence electrons. The average Bonchev–Trinajstić information content (AvgIpc) is 3.13. The predicted molar refractivity (Wildman–Crippen MR) is 119 cm³/mol. The van der Waals surface area contributed by atoms with Gasteiger partial charge in [-0.3, -0.25) is 5.43 Å². The van der Waals surface area contributed by atoms with Crippen molar-refractivity contribution in [2.24, 2.45) is 5.10 Å². The second kappa shape index (κ2) is 7.57. The summed E-state index contributed by atoms with van der Waals surface area (Å²) in [7, 11) is 1.63. The van der Waals surface area contributed by atoms with E-state index in [1.807, 2.05) is 24.3 Å². The Kier molecular flexibility index (Phi) is 4.77. The van der Waals surface area contributed by atoms with Crippen molar-refractivity contribution in [1.29, 1.82) is 0 Å².